The molecule has 0 saturated heterocycles. The van der Waals surface area contributed by atoms with Crippen molar-refractivity contribution in [3.8, 4) is 10.6 Å². The Kier molecular flexibility index (Phi) is 5.71. The van der Waals surface area contributed by atoms with Gasteiger partial charge in [0.05, 0.1) is 22.3 Å². The minimum absolute atomic E-state index is 0.163. The zero-order chi connectivity index (χ0) is 24.1. The third kappa shape index (κ3) is 4.21. The third-order valence-corrected chi connectivity index (χ3v) is 6.83. The Morgan fingerprint density at radius 3 is 2.52 bits per heavy atom. The van der Waals surface area contributed by atoms with Crippen LogP contribution in [-0.4, -0.2) is 25.8 Å². The van der Waals surface area contributed by atoms with Crippen LogP contribution in [0.2, 0.25) is 5.02 Å². The summed E-state index contributed by atoms with van der Waals surface area (Å²) in [5.41, 5.74) is 4.50. The van der Waals surface area contributed by atoms with Gasteiger partial charge >= 0.3 is 6.18 Å². The molecule has 2 aromatic carbocycles. The van der Waals surface area contributed by atoms with Crippen molar-refractivity contribution in [3.05, 3.63) is 74.2 Å². The number of aryl methyl sites for hydroxylation is 1. The highest BCUT2D eigenvalue weighted by molar-refractivity contribution is 7.15. The van der Waals surface area contributed by atoms with Gasteiger partial charge < -0.3 is 10.8 Å². The van der Waals surface area contributed by atoms with Gasteiger partial charge in [-0.2, -0.15) is 13.2 Å². The van der Waals surface area contributed by atoms with Crippen molar-refractivity contribution >= 4 is 39.5 Å². The van der Waals surface area contributed by atoms with Crippen LogP contribution >= 0.6 is 22.9 Å². The summed E-state index contributed by atoms with van der Waals surface area (Å²) in [6, 6.07) is 10.1. The van der Waals surface area contributed by atoms with Crippen LogP contribution in [0.5, 0.6) is 0 Å². The number of benzene rings is 2. The Labute approximate surface area is 195 Å². The molecule has 33 heavy (non-hydrogen) atoms. The van der Waals surface area contributed by atoms with Gasteiger partial charge in [0.1, 0.15) is 10.8 Å². The largest absolute Gasteiger partial charge is 0.422 e. The number of hydrogen-bond donors (Lipinski definition) is 2. The predicted octanol–water partition coefficient (Wildman–Crippen LogP) is 4.88. The van der Waals surface area contributed by atoms with E-state index in [1.807, 2.05) is 12.1 Å². The highest BCUT2D eigenvalue weighted by Crippen LogP contribution is 2.43. The minimum atomic E-state index is -4.86. The molecule has 11 heteroatoms. The molecule has 0 spiro atoms. The Hall–Kier alpha value is -2.95. The number of nitrogen functional groups attached to an aromatic ring is 1. The Morgan fingerprint density at radius 1 is 1.21 bits per heavy atom. The Bertz CT molecular complexity index is 1410. The summed E-state index contributed by atoms with van der Waals surface area (Å²) in [4.78, 5) is 21.3. The first kappa shape index (κ1) is 23.2. The number of halogens is 4. The van der Waals surface area contributed by atoms with Crippen LogP contribution < -0.4 is 11.3 Å². The summed E-state index contributed by atoms with van der Waals surface area (Å²) in [7, 11) is 0. The minimum Gasteiger partial charge on any atom is -0.398 e. The van der Waals surface area contributed by atoms with Crippen LogP contribution in [-0.2, 0) is 12.1 Å². The molecule has 0 amide bonds. The SMILES string of the molecule is Cc1nc2cc(-c3ncc(C(C)(O)C(F)(F)F)s3)c(N)cc2c(=O)n1Cc1ccc(Cl)cc1. The number of anilines is 1. The molecule has 3 N–H and O–H groups in total. The van der Waals surface area contributed by atoms with E-state index in [2.05, 4.69) is 9.97 Å². The van der Waals surface area contributed by atoms with E-state index in [4.69, 9.17) is 17.3 Å². The highest BCUT2D eigenvalue weighted by Gasteiger charge is 2.52. The van der Waals surface area contributed by atoms with E-state index < -0.39 is 11.8 Å². The molecule has 2 heterocycles. The summed E-state index contributed by atoms with van der Waals surface area (Å²) in [5, 5.41) is 11.0. The first-order valence-electron chi connectivity index (χ1n) is 9.69. The van der Waals surface area contributed by atoms with Gasteiger partial charge in [0.25, 0.3) is 5.56 Å². The van der Waals surface area contributed by atoms with Gasteiger partial charge in [0, 0.05) is 22.5 Å². The fourth-order valence-corrected chi connectivity index (χ4v) is 4.45. The number of thiazole rings is 1. The summed E-state index contributed by atoms with van der Waals surface area (Å²) in [6.45, 7) is 2.64. The van der Waals surface area contributed by atoms with E-state index in [1.165, 1.54) is 16.7 Å². The summed E-state index contributed by atoms with van der Waals surface area (Å²) in [5.74, 6) is 0.456. The van der Waals surface area contributed by atoms with Crippen LogP contribution in [0.1, 0.15) is 23.2 Å². The van der Waals surface area contributed by atoms with Crippen molar-refractivity contribution < 1.29 is 18.3 Å². The smallest absolute Gasteiger partial charge is 0.398 e. The normalized spacial score (nSPS) is 13.9. The number of nitrogens with zero attached hydrogens (tertiary/aromatic N) is 3. The first-order valence-corrected chi connectivity index (χ1v) is 10.9. The topological polar surface area (TPSA) is 94.0 Å². The van der Waals surface area contributed by atoms with E-state index in [9.17, 15) is 23.1 Å². The first-order chi connectivity index (χ1) is 15.4. The maximum atomic E-state index is 13.2. The fraction of sp³-hybridized carbons (Fsp3) is 0.227. The number of rotatable bonds is 4. The molecule has 0 radical (unpaired) electrons. The number of aliphatic hydroxyl groups is 1. The molecule has 0 saturated carbocycles. The van der Waals surface area contributed by atoms with Crippen molar-refractivity contribution in [2.75, 3.05) is 5.73 Å². The molecule has 4 rings (SSSR count). The van der Waals surface area contributed by atoms with Gasteiger partial charge in [-0.3, -0.25) is 9.36 Å². The highest BCUT2D eigenvalue weighted by atomic mass is 35.5. The zero-order valence-corrected chi connectivity index (χ0v) is 19.0. The maximum absolute atomic E-state index is 13.2. The molecule has 0 fully saturated rings. The van der Waals surface area contributed by atoms with Crippen LogP contribution in [0.3, 0.4) is 0 Å². The van der Waals surface area contributed by atoms with Gasteiger partial charge in [0.15, 0.2) is 5.60 Å². The second-order valence-corrected chi connectivity index (χ2v) is 9.20. The van der Waals surface area contributed by atoms with E-state index in [1.54, 1.807) is 19.1 Å². The molecule has 1 atom stereocenters. The van der Waals surface area contributed by atoms with Crippen LogP contribution in [0.4, 0.5) is 18.9 Å². The molecular weight excluding hydrogens is 477 g/mol. The quantitative estimate of drug-likeness (QED) is 0.394. The van der Waals surface area contributed by atoms with E-state index in [0.29, 0.717) is 40.2 Å². The molecule has 0 bridgehead atoms. The lowest BCUT2D eigenvalue weighted by Gasteiger charge is -2.24. The van der Waals surface area contributed by atoms with Crippen molar-refractivity contribution in [3.63, 3.8) is 0 Å². The Balaban J connectivity index is 1.77. The molecule has 0 aliphatic heterocycles. The maximum Gasteiger partial charge on any atom is 0.422 e. The van der Waals surface area contributed by atoms with E-state index >= 15 is 0 Å². The molecular formula is C22H18ClF3N4O2S. The van der Waals surface area contributed by atoms with Crippen LogP contribution in [0.15, 0.2) is 47.4 Å². The molecule has 172 valence electrons. The molecule has 0 aliphatic rings. The number of aromatic nitrogens is 3. The monoisotopic (exact) mass is 494 g/mol. The molecule has 0 aliphatic carbocycles. The van der Waals surface area contributed by atoms with Crippen molar-refractivity contribution in [2.45, 2.75) is 32.2 Å². The lowest BCUT2D eigenvalue weighted by Crippen LogP contribution is -2.38. The Morgan fingerprint density at radius 2 is 1.88 bits per heavy atom. The lowest BCUT2D eigenvalue weighted by molar-refractivity contribution is -0.257. The van der Waals surface area contributed by atoms with Gasteiger partial charge in [-0.05, 0) is 43.7 Å². The number of alkyl halides is 3. The predicted molar refractivity (Wildman–Crippen MR) is 122 cm³/mol. The summed E-state index contributed by atoms with van der Waals surface area (Å²) >= 11 is 6.59. The van der Waals surface area contributed by atoms with Crippen molar-refractivity contribution in [1.82, 2.24) is 14.5 Å². The molecule has 6 nitrogen and oxygen atoms in total. The van der Waals surface area contributed by atoms with Gasteiger partial charge in [-0.1, -0.05) is 23.7 Å². The van der Waals surface area contributed by atoms with E-state index in [0.717, 1.165) is 11.8 Å². The van der Waals surface area contributed by atoms with Crippen molar-refractivity contribution in [2.24, 2.45) is 0 Å². The lowest BCUT2D eigenvalue weighted by atomic mass is 10.1. The average molecular weight is 495 g/mol. The number of fused-ring (bicyclic) bond motifs is 1. The second-order valence-electron chi connectivity index (χ2n) is 7.73. The number of nitrogens with two attached hydrogens (primary N) is 1. The van der Waals surface area contributed by atoms with Gasteiger partial charge in [-0.25, -0.2) is 9.97 Å². The van der Waals surface area contributed by atoms with Crippen molar-refractivity contribution in [1.29, 1.82) is 0 Å². The molecule has 2 aromatic heterocycles. The van der Waals surface area contributed by atoms with Crippen LogP contribution in [0, 0.1) is 6.92 Å². The zero-order valence-electron chi connectivity index (χ0n) is 17.4. The fourth-order valence-electron chi connectivity index (χ4n) is 3.30. The van der Waals surface area contributed by atoms with E-state index in [-0.39, 0.29) is 33.1 Å². The second kappa shape index (κ2) is 8.12. The van der Waals surface area contributed by atoms with Gasteiger partial charge in [-0.15, -0.1) is 11.3 Å². The molecule has 4 aromatic rings. The third-order valence-electron chi connectivity index (χ3n) is 5.34. The summed E-state index contributed by atoms with van der Waals surface area (Å²) in [6.07, 6.45) is -3.89. The van der Waals surface area contributed by atoms with Gasteiger partial charge in [0.2, 0.25) is 0 Å². The summed E-state index contributed by atoms with van der Waals surface area (Å²) < 4.78 is 41.0. The van der Waals surface area contributed by atoms with Crippen LogP contribution in [0.25, 0.3) is 21.5 Å². The standard InChI is InChI=1S/C22H18ClF3N4O2S/c1-11-29-17-8-14(19-28-9-18(33-19)21(2,32)22(24,25)26)16(27)7-15(17)20(31)30(11)10-12-3-5-13(23)6-4-12/h3-9,32H,10,27H2,1-2H3. The number of hydrogen-bond acceptors (Lipinski definition) is 6. The molecule has 1 unspecified atom stereocenters. The average Bonchev–Trinajstić information content (AvgIpc) is 3.23.